The topological polar surface area (TPSA) is 61.8 Å². The second-order valence-corrected chi connectivity index (χ2v) is 4.29. The van der Waals surface area contributed by atoms with Crippen LogP contribution in [0.15, 0.2) is 30.9 Å². The minimum Gasteiger partial charge on any atom is -0.392 e. The van der Waals surface area contributed by atoms with Crippen LogP contribution in [-0.4, -0.2) is 37.3 Å². The molecule has 2 N–H and O–H groups in total. The maximum Gasteiger partial charge on any atom is 0.247 e. The third-order valence-electron chi connectivity index (χ3n) is 3.05. The van der Waals surface area contributed by atoms with Crippen LogP contribution in [0.5, 0.6) is 0 Å². The maximum atomic E-state index is 11.2. The third kappa shape index (κ3) is 3.33. The minimum atomic E-state index is -0.261. The monoisotopic (exact) mass is 262 g/mol. The van der Waals surface area contributed by atoms with E-state index in [1.807, 2.05) is 12.1 Å². The van der Waals surface area contributed by atoms with Crippen molar-refractivity contribution in [2.75, 3.05) is 36.5 Å². The normalized spacial score (nSPS) is 15.1. The highest BCUT2D eigenvalue weighted by Gasteiger charge is 2.15. The van der Waals surface area contributed by atoms with E-state index in [1.54, 1.807) is 6.07 Å². The van der Waals surface area contributed by atoms with Crippen molar-refractivity contribution in [3.8, 4) is 0 Å². The van der Waals surface area contributed by atoms with Gasteiger partial charge in [-0.3, -0.25) is 4.79 Å². The van der Waals surface area contributed by atoms with Gasteiger partial charge in [0.15, 0.2) is 0 Å². The number of aliphatic hydroxyl groups is 1. The zero-order valence-corrected chi connectivity index (χ0v) is 10.8. The van der Waals surface area contributed by atoms with E-state index in [4.69, 9.17) is 4.74 Å². The van der Waals surface area contributed by atoms with Crippen LogP contribution in [0.1, 0.15) is 5.56 Å². The molecule has 1 aliphatic heterocycles. The van der Waals surface area contributed by atoms with Crippen LogP contribution in [0.4, 0.5) is 11.4 Å². The number of nitrogens with one attached hydrogen (secondary N) is 1. The lowest BCUT2D eigenvalue weighted by Crippen LogP contribution is -2.36. The van der Waals surface area contributed by atoms with E-state index < -0.39 is 0 Å². The van der Waals surface area contributed by atoms with Crippen molar-refractivity contribution in [2.45, 2.75) is 6.61 Å². The van der Waals surface area contributed by atoms with Gasteiger partial charge in [0.2, 0.25) is 5.91 Å². The van der Waals surface area contributed by atoms with E-state index in [0.717, 1.165) is 24.3 Å². The largest absolute Gasteiger partial charge is 0.392 e. The summed E-state index contributed by atoms with van der Waals surface area (Å²) in [6, 6.07) is 5.52. The summed E-state index contributed by atoms with van der Waals surface area (Å²) < 4.78 is 5.31. The van der Waals surface area contributed by atoms with Crippen molar-refractivity contribution in [3.63, 3.8) is 0 Å². The Hall–Kier alpha value is -1.85. The molecular weight excluding hydrogens is 244 g/mol. The molecule has 1 saturated heterocycles. The molecule has 0 aromatic heterocycles. The zero-order chi connectivity index (χ0) is 13.7. The van der Waals surface area contributed by atoms with Crippen molar-refractivity contribution in [1.29, 1.82) is 0 Å². The summed E-state index contributed by atoms with van der Waals surface area (Å²) >= 11 is 0. The summed E-state index contributed by atoms with van der Waals surface area (Å²) in [5.41, 5.74) is 2.44. The van der Waals surface area contributed by atoms with E-state index in [-0.39, 0.29) is 12.5 Å². The average Bonchev–Trinajstić information content (AvgIpc) is 2.47. The predicted molar refractivity (Wildman–Crippen MR) is 74.2 cm³/mol. The number of anilines is 2. The molecule has 0 atom stereocenters. The van der Waals surface area contributed by atoms with Crippen LogP contribution in [-0.2, 0) is 16.1 Å². The molecule has 5 nitrogen and oxygen atoms in total. The van der Waals surface area contributed by atoms with Crippen LogP contribution < -0.4 is 10.2 Å². The van der Waals surface area contributed by atoms with Crippen LogP contribution in [0.3, 0.4) is 0 Å². The van der Waals surface area contributed by atoms with Gasteiger partial charge in [0.05, 0.1) is 19.8 Å². The molecule has 102 valence electrons. The lowest BCUT2D eigenvalue weighted by Gasteiger charge is -2.30. The fourth-order valence-corrected chi connectivity index (χ4v) is 2.10. The SMILES string of the molecule is C=CC(=O)Nc1ccc(N2CCOCC2)c(CO)c1. The number of ether oxygens (including phenoxy) is 1. The van der Waals surface area contributed by atoms with Gasteiger partial charge in [0, 0.05) is 30.0 Å². The number of benzene rings is 1. The van der Waals surface area contributed by atoms with Gasteiger partial charge in [-0.1, -0.05) is 6.58 Å². The molecule has 1 heterocycles. The Balaban J connectivity index is 2.20. The highest BCUT2D eigenvalue weighted by Crippen LogP contribution is 2.25. The predicted octanol–water partition coefficient (Wildman–Crippen LogP) is 1.14. The van der Waals surface area contributed by atoms with Crippen LogP contribution in [0, 0.1) is 0 Å². The molecule has 1 amide bonds. The summed E-state index contributed by atoms with van der Waals surface area (Å²) in [6.07, 6.45) is 1.22. The minimum absolute atomic E-state index is 0.0650. The molecule has 1 aliphatic rings. The number of nitrogens with zero attached hydrogens (tertiary/aromatic N) is 1. The maximum absolute atomic E-state index is 11.2. The first-order valence-electron chi connectivity index (χ1n) is 6.24. The molecule has 5 heteroatoms. The summed E-state index contributed by atoms with van der Waals surface area (Å²) in [5, 5.41) is 12.2. The molecule has 0 radical (unpaired) electrons. The molecule has 0 bridgehead atoms. The van der Waals surface area contributed by atoms with E-state index in [1.165, 1.54) is 6.08 Å². The fraction of sp³-hybridized carbons (Fsp3) is 0.357. The van der Waals surface area contributed by atoms with E-state index in [2.05, 4.69) is 16.8 Å². The second-order valence-electron chi connectivity index (χ2n) is 4.29. The van der Waals surface area contributed by atoms with Crippen molar-refractivity contribution in [3.05, 3.63) is 36.4 Å². The quantitative estimate of drug-likeness (QED) is 0.799. The fourth-order valence-electron chi connectivity index (χ4n) is 2.10. The number of hydrogen-bond acceptors (Lipinski definition) is 4. The molecule has 19 heavy (non-hydrogen) atoms. The first kappa shape index (κ1) is 13.6. The van der Waals surface area contributed by atoms with Gasteiger partial charge in [-0.2, -0.15) is 0 Å². The Morgan fingerprint density at radius 2 is 2.21 bits per heavy atom. The van der Waals surface area contributed by atoms with E-state index >= 15 is 0 Å². The first-order chi connectivity index (χ1) is 9.24. The van der Waals surface area contributed by atoms with Gasteiger partial charge < -0.3 is 20.1 Å². The van der Waals surface area contributed by atoms with E-state index in [0.29, 0.717) is 18.9 Å². The molecule has 0 saturated carbocycles. The Bertz CT molecular complexity index is 468. The Morgan fingerprint density at radius 3 is 2.84 bits per heavy atom. The number of hydrogen-bond donors (Lipinski definition) is 2. The van der Waals surface area contributed by atoms with E-state index in [9.17, 15) is 9.90 Å². The Labute approximate surface area is 112 Å². The van der Waals surface area contributed by atoms with Gasteiger partial charge in [0.1, 0.15) is 0 Å². The van der Waals surface area contributed by atoms with Crippen LogP contribution in [0.25, 0.3) is 0 Å². The molecular formula is C14H18N2O3. The van der Waals surface area contributed by atoms with Crippen molar-refractivity contribution in [1.82, 2.24) is 0 Å². The van der Waals surface area contributed by atoms with Gasteiger partial charge in [0.25, 0.3) is 0 Å². The number of carbonyl (C=O) groups is 1. The lowest BCUT2D eigenvalue weighted by molar-refractivity contribution is -0.111. The first-order valence-corrected chi connectivity index (χ1v) is 6.24. The number of amides is 1. The molecule has 0 aliphatic carbocycles. The second kappa shape index (κ2) is 6.36. The van der Waals surface area contributed by atoms with Gasteiger partial charge in [-0.05, 0) is 24.3 Å². The van der Waals surface area contributed by atoms with Crippen molar-refractivity contribution in [2.24, 2.45) is 0 Å². The summed E-state index contributed by atoms with van der Waals surface area (Å²) in [6.45, 7) is 6.35. The third-order valence-corrected chi connectivity index (χ3v) is 3.05. The molecule has 0 spiro atoms. The highest BCUT2D eigenvalue weighted by atomic mass is 16.5. The average molecular weight is 262 g/mol. The molecule has 1 aromatic carbocycles. The smallest absolute Gasteiger partial charge is 0.247 e. The van der Waals surface area contributed by atoms with Gasteiger partial charge in [-0.15, -0.1) is 0 Å². The number of morpholine rings is 1. The zero-order valence-electron chi connectivity index (χ0n) is 10.8. The summed E-state index contributed by atoms with van der Waals surface area (Å²) in [4.78, 5) is 13.4. The summed E-state index contributed by atoms with van der Waals surface area (Å²) in [7, 11) is 0. The molecule has 1 fully saturated rings. The standard InChI is InChI=1S/C14H18N2O3/c1-2-14(18)15-12-3-4-13(11(9-12)10-17)16-5-7-19-8-6-16/h2-4,9,17H,1,5-8,10H2,(H,15,18). The van der Waals surface area contributed by atoms with Crippen molar-refractivity contribution >= 4 is 17.3 Å². The number of rotatable bonds is 4. The van der Waals surface area contributed by atoms with Gasteiger partial charge >= 0.3 is 0 Å². The van der Waals surface area contributed by atoms with Crippen LogP contribution in [0.2, 0.25) is 0 Å². The number of aliphatic hydroxyl groups excluding tert-OH is 1. The Kier molecular flexibility index (Phi) is 4.54. The molecule has 0 unspecified atom stereocenters. The van der Waals surface area contributed by atoms with Gasteiger partial charge in [-0.25, -0.2) is 0 Å². The van der Waals surface area contributed by atoms with Crippen LogP contribution >= 0.6 is 0 Å². The molecule has 1 aromatic rings. The molecule has 2 rings (SSSR count). The van der Waals surface area contributed by atoms with Crippen molar-refractivity contribution < 1.29 is 14.6 Å². The summed E-state index contributed by atoms with van der Waals surface area (Å²) in [5.74, 6) is -0.261. The number of carbonyl (C=O) groups excluding carboxylic acids is 1. The Morgan fingerprint density at radius 1 is 1.47 bits per heavy atom. The highest BCUT2D eigenvalue weighted by molar-refractivity contribution is 5.99. The lowest BCUT2D eigenvalue weighted by atomic mass is 10.1.